The first-order valence-electron chi connectivity index (χ1n) is 37.9. The molecular formula is C108H68N6Rh2. The number of nitrogens with zero attached hydrogens (tertiary/aromatic N) is 6. The van der Waals surface area contributed by atoms with Crippen LogP contribution in [0.5, 0.6) is 0 Å². The van der Waals surface area contributed by atoms with E-state index in [-0.39, 0.29) is 39.0 Å². The van der Waals surface area contributed by atoms with Crippen LogP contribution in [0.15, 0.2) is 413 Å². The van der Waals surface area contributed by atoms with E-state index in [4.69, 9.17) is 9.97 Å². The predicted octanol–water partition coefficient (Wildman–Crippen LogP) is 26.9. The van der Waals surface area contributed by atoms with Gasteiger partial charge in [-0.3, -0.25) is 9.97 Å². The Morgan fingerprint density at radius 3 is 0.629 bits per heavy atom. The summed E-state index contributed by atoms with van der Waals surface area (Å²) in [6.45, 7) is 0. The average molecular weight is 1660 g/mol. The van der Waals surface area contributed by atoms with Crippen molar-refractivity contribution in [1.29, 1.82) is 0 Å². The van der Waals surface area contributed by atoms with Crippen LogP contribution in [0.3, 0.4) is 0 Å². The third-order valence-corrected chi connectivity index (χ3v) is 20.5. The van der Waals surface area contributed by atoms with E-state index in [2.05, 4.69) is 335 Å². The van der Waals surface area contributed by atoms with Crippen LogP contribution in [-0.2, 0) is 39.0 Å². The van der Waals surface area contributed by atoms with E-state index in [0.717, 1.165) is 179 Å². The van der Waals surface area contributed by atoms with E-state index in [1.165, 1.54) is 11.1 Å². The fraction of sp³-hybridized carbons (Fsp3) is 0. The summed E-state index contributed by atoms with van der Waals surface area (Å²) in [4.78, 5) is 27.6. The molecule has 0 aliphatic rings. The fourth-order valence-electron chi connectivity index (χ4n) is 14.8. The predicted molar refractivity (Wildman–Crippen MR) is 465 cm³/mol. The molecule has 116 heavy (non-hydrogen) atoms. The molecule has 548 valence electrons. The van der Waals surface area contributed by atoms with Crippen molar-refractivity contribution in [1.82, 2.24) is 29.9 Å². The summed E-state index contributed by atoms with van der Waals surface area (Å²) < 4.78 is 0. The van der Waals surface area contributed by atoms with Crippen LogP contribution in [0, 0.1) is 36.4 Å². The molecule has 0 unspecified atom stereocenters. The zero-order chi connectivity index (χ0) is 76.2. The van der Waals surface area contributed by atoms with Crippen LogP contribution in [-0.4, -0.2) is 29.9 Å². The van der Waals surface area contributed by atoms with Gasteiger partial charge in [0, 0.05) is 24.8 Å². The second kappa shape index (κ2) is 35.8. The van der Waals surface area contributed by atoms with Crippen LogP contribution in [0.4, 0.5) is 0 Å². The standard InChI is InChI=1S/C91H56N5.C17H12N.2Rh/c1-6-25-82(77(20-1)62-33-43-67(44-34-62)87-30-11-14-53-92-87)72-18-17-19-73(56-72)83-26-7-2-21-78(83)63-39-49-70(50-40-63)90-60-91(96-61-95-90)71-51-41-66(42-52-71)81-24-5-10-29-86(81)76-58-74(84-27-8-3-22-79(84)64-35-45-68(46-36-64)88-31-12-15-54-93-88)57-75(59-76)85-28-9-4-23-80(85)65-37-47-69(48-38-65)89-32-13-16-55-94-89;1-2-6-14(7-3-1)15-9-11-16(12-10-15)17-8-4-5-13-18-17;;/h1-43,45,47,49,51,53-61H;1-11,13H;;/q-5;-1;2*+3. The third-order valence-electron chi connectivity index (χ3n) is 20.5. The monoisotopic (exact) mass is 1650 g/mol. The fourth-order valence-corrected chi connectivity index (χ4v) is 14.8. The van der Waals surface area contributed by atoms with Gasteiger partial charge in [-0.15, -0.1) is 179 Å². The van der Waals surface area contributed by atoms with Gasteiger partial charge in [-0.05, 0) is 138 Å². The first-order chi connectivity index (χ1) is 56.5. The Kier molecular flexibility index (Phi) is 23.5. The molecule has 0 aliphatic carbocycles. The third kappa shape index (κ3) is 16.9. The number of aromatic nitrogens is 6. The quantitative estimate of drug-likeness (QED) is 0.0668. The SMILES string of the molecule is [Rh+3].[Rh+3].[c-]1cc(-c2ccccc2)ccc1-c1ccccn1.[c-]1cc(-c2ccccc2-c2cccc(-c3ccccc3-c3c[c-]c(-c4cc(-c5[c-]cc(-c6ccccc6-c6cc(-c7ccccc7-c7c[c-]c(-c8ccccn8)cc7)cc(-c7ccccc7-c7c[c-]c(-c8ccccn8)cc7)c6)cc5)ncn4)cc3)c2)ccc1-c1ccccn1. The Morgan fingerprint density at radius 1 is 0.147 bits per heavy atom. The van der Waals surface area contributed by atoms with Crippen LogP contribution in [0.2, 0.25) is 0 Å². The molecule has 0 amide bonds. The van der Waals surface area contributed by atoms with Gasteiger partial charge in [0.2, 0.25) is 0 Å². The summed E-state index contributed by atoms with van der Waals surface area (Å²) in [5.74, 6) is 0. The smallest absolute Gasteiger partial charge is 0.305 e. The molecule has 0 radical (unpaired) electrons. The molecular weight excluding hydrogens is 1590 g/mol. The normalized spacial score (nSPS) is 10.8. The second-order valence-corrected chi connectivity index (χ2v) is 27.6. The first kappa shape index (κ1) is 76.0. The average Bonchev–Trinajstić information content (AvgIpc) is 0.767. The zero-order valence-electron chi connectivity index (χ0n) is 62.6. The molecule has 5 heterocycles. The Bertz CT molecular complexity index is 6310. The summed E-state index contributed by atoms with van der Waals surface area (Å²) in [6, 6.07) is 154. The van der Waals surface area contributed by atoms with Crippen molar-refractivity contribution in [2.75, 3.05) is 0 Å². The molecule has 0 atom stereocenters. The Labute approximate surface area is 703 Å². The van der Waals surface area contributed by atoms with E-state index in [1.54, 1.807) is 12.5 Å². The van der Waals surface area contributed by atoms with Gasteiger partial charge in [0.25, 0.3) is 0 Å². The summed E-state index contributed by atoms with van der Waals surface area (Å²) in [7, 11) is 0. The maximum absolute atomic E-state index is 4.78. The molecule has 14 aromatic carbocycles. The van der Waals surface area contributed by atoms with Gasteiger partial charge in [0.15, 0.2) is 0 Å². The molecule has 0 N–H and O–H groups in total. The van der Waals surface area contributed by atoms with Crippen LogP contribution in [0.1, 0.15) is 0 Å². The van der Waals surface area contributed by atoms with Gasteiger partial charge in [-0.25, -0.2) is 0 Å². The van der Waals surface area contributed by atoms with Crippen molar-refractivity contribution in [3.05, 3.63) is 450 Å². The van der Waals surface area contributed by atoms with Gasteiger partial charge >= 0.3 is 39.0 Å². The Balaban J connectivity index is 0.000000443. The minimum absolute atomic E-state index is 0. The van der Waals surface area contributed by atoms with Crippen molar-refractivity contribution < 1.29 is 39.0 Å². The molecule has 0 aliphatic heterocycles. The van der Waals surface area contributed by atoms with E-state index in [9.17, 15) is 0 Å². The largest absolute Gasteiger partial charge is 3.00 e. The van der Waals surface area contributed by atoms with E-state index in [1.807, 2.05) is 122 Å². The summed E-state index contributed by atoms with van der Waals surface area (Å²) in [5.41, 5.74) is 35.2. The number of hydrogen-bond acceptors (Lipinski definition) is 6. The maximum atomic E-state index is 4.78. The number of pyridine rings is 4. The van der Waals surface area contributed by atoms with Gasteiger partial charge < -0.3 is 19.9 Å². The second-order valence-electron chi connectivity index (χ2n) is 27.6. The van der Waals surface area contributed by atoms with Crippen LogP contribution < -0.4 is 0 Å². The molecule has 0 fully saturated rings. The summed E-state index contributed by atoms with van der Waals surface area (Å²) in [5, 5.41) is 0. The molecule has 0 bridgehead atoms. The van der Waals surface area contributed by atoms with Crippen molar-refractivity contribution in [3.8, 4) is 190 Å². The molecule has 8 heteroatoms. The maximum Gasteiger partial charge on any atom is 3.00 e. The Hall–Kier alpha value is -14.0. The first-order valence-corrected chi connectivity index (χ1v) is 37.9. The number of hydrogen-bond donors (Lipinski definition) is 0. The zero-order valence-corrected chi connectivity index (χ0v) is 65.9. The molecule has 6 nitrogen and oxygen atoms in total. The van der Waals surface area contributed by atoms with Crippen LogP contribution in [0.25, 0.3) is 190 Å². The summed E-state index contributed by atoms with van der Waals surface area (Å²) in [6.07, 6.45) is 8.88. The molecule has 19 aromatic rings. The van der Waals surface area contributed by atoms with E-state index < -0.39 is 0 Å². The minimum atomic E-state index is 0. The molecule has 19 rings (SSSR count). The number of rotatable bonds is 17. The molecule has 0 saturated heterocycles. The van der Waals surface area contributed by atoms with Crippen molar-refractivity contribution in [2.45, 2.75) is 0 Å². The van der Waals surface area contributed by atoms with Crippen LogP contribution >= 0.6 is 0 Å². The van der Waals surface area contributed by atoms with Gasteiger partial charge in [-0.2, -0.15) is 0 Å². The van der Waals surface area contributed by atoms with Crippen molar-refractivity contribution in [3.63, 3.8) is 0 Å². The van der Waals surface area contributed by atoms with Gasteiger partial charge in [0.1, 0.15) is 0 Å². The molecule has 0 saturated carbocycles. The molecule has 5 aromatic heterocycles. The minimum Gasteiger partial charge on any atom is -0.305 e. The molecule has 0 spiro atoms. The van der Waals surface area contributed by atoms with Crippen molar-refractivity contribution in [2.24, 2.45) is 0 Å². The van der Waals surface area contributed by atoms with Crippen molar-refractivity contribution >= 4 is 0 Å². The number of benzene rings is 14. The topological polar surface area (TPSA) is 77.3 Å². The van der Waals surface area contributed by atoms with E-state index in [0.29, 0.717) is 0 Å². The van der Waals surface area contributed by atoms with E-state index >= 15 is 0 Å². The Morgan fingerprint density at radius 2 is 0.371 bits per heavy atom. The van der Waals surface area contributed by atoms with Gasteiger partial charge in [-0.1, -0.05) is 291 Å². The summed E-state index contributed by atoms with van der Waals surface area (Å²) >= 11 is 0. The van der Waals surface area contributed by atoms with Gasteiger partial charge in [0.05, 0.1) is 6.33 Å².